The van der Waals surface area contributed by atoms with Gasteiger partial charge in [0.1, 0.15) is 0 Å². The van der Waals surface area contributed by atoms with Crippen LogP contribution in [0.4, 0.5) is 0 Å². The molecule has 1 aromatic rings. The number of carboxylic acid groups (broad SMARTS) is 2. The monoisotopic (exact) mass is 356 g/mol. The van der Waals surface area contributed by atoms with E-state index in [1.807, 2.05) is 0 Å². The number of rotatable bonds is 9. The van der Waals surface area contributed by atoms with Gasteiger partial charge in [-0.15, -0.1) is 0 Å². The average Bonchev–Trinajstić information content (AvgIpc) is 2.52. The summed E-state index contributed by atoms with van der Waals surface area (Å²) in [5, 5.41) is 29.3. The summed E-state index contributed by atoms with van der Waals surface area (Å²) in [5.74, 6) is -3.90. The number of hydrogen-bond acceptors (Lipinski definition) is 6. The van der Waals surface area contributed by atoms with Gasteiger partial charge in [0.15, 0.2) is 0 Å². The molecule has 0 spiro atoms. The first-order chi connectivity index (χ1) is 11.3. The van der Waals surface area contributed by atoms with Crippen molar-refractivity contribution in [2.45, 2.75) is 0 Å². The van der Waals surface area contributed by atoms with Crippen molar-refractivity contribution in [3.05, 3.63) is 34.4 Å². The third kappa shape index (κ3) is 4.96. The number of amides is 2. The van der Waals surface area contributed by atoms with E-state index in [4.69, 9.17) is 15.9 Å². The number of thioether (sulfide) groups is 1. The smallest absolute Gasteiger partial charge is 0.336 e. The van der Waals surface area contributed by atoms with Crippen molar-refractivity contribution >= 4 is 35.5 Å². The van der Waals surface area contributed by atoms with Crippen LogP contribution >= 0.6 is 11.8 Å². The fraction of sp³-hybridized carbons (Fsp3) is 0.286. The molecule has 0 saturated carbocycles. The highest BCUT2D eigenvalue weighted by Gasteiger charge is 2.24. The Labute approximate surface area is 140 Å². The van der Waals surface area contributed by atoms with Gasteiger partial charge in [-0.3, -0.25) is 9.59 Å². The van der Waals surface area contributed by atoms with Gasteiger partial charge < -0.3 is 26.4 Å². The molecule has 0 bridgehead atoms. The van der Waals surface area contributed by atoms with E-state index in [2.05, 4.69) is 5.32 Å². The third-order valence-corrected chi connectivity index (χ3v) is 3.86. The van der Waals surface area contributed by atoms with Crippen LogP contribution in [0.5, 0.6) is 0 Å². The van der Waals surface area contributed by atoms with Crippen LogP contribution in [0.15, 0.2) is 12.1 Å². The zero-order chi connectivity index (χ0) is 18.3. The van der Waals surface area contributed by atoms with Crippen molar-refractivity contribution < 1.29 is 34.5 Å². The molecule has 0 radical (unpaired) electrons. The van der Waals surface area contributed by atoms with Gasteiger partial charge >= 0.3 is 11.9 Å². The van der Waals surface area contributed by atoms with E-state index in [9.17, 15) is 24.3 Å². The van der Waals surface area contributed by atoms with Gasteiger partial charge in [0.05, 0.1) is 28.9 Å². The highest BCUT2D eigenvalue weighted by atomic mass is 32.2. The first-order valence-corrected chi connectivity index (χ1v) is 7.86. The van der Waals surface area contributed by atoms with Crippen molar-refractivity contribution in [3.63, 3.8) is 0 Å². The summed E-state index contributed by atoms with van der Waals surface area (Å²) in [4.78, 5) is 45.9. The van der Waals surface area contributed by atoms with Crippen LogP contribution in [-0.2, 0) is 0 Å². The van der Waals surface area contributed by atoms with E-state index in [0.29, 0.717) is 11.5 Å². The molecule has 10 heteroatoms. The quantitative estimate of drug-likeness (QED) is 0.374. The van der Waals surface area contributed by atoms with Crippen molar-refractivity contribution in [3.8, 4) is 0 Å². The first-order valence-electron chi connectivity index (χ1n) is 6.70. The summed E-state index contributed by atoms with van der Waals surface area (Å²) in [6, 6.07) is 1.60. The second-order valence-electron chi connectivity index (χ2n) is 4.51. The lowest BCUT2D eigenvalue weighted by molar-refractivity contribution is 0.0688. The minimum absolute atomic E-state index is 0.000394. The Balaban J connectivity index is 3.13. The highest BCUT2D eigenvalue weighted by molar-refractivity contribution is 7.99. The van der Waals surface area contributed by atoms with Crippen LogP contribution in [0.1, 0.15) is 41.4 Å². The van der Waals surface area contributed by atoms with Gasteiger partial charge in [0.2, 0.25) is 5.91 Å². The van der Waals surface area contributed by atoms with Gasteiger partial charge in [-0.25, -0.2) is 9.59 Å². The summed E-state index contributed by atoms with van der Waals surface area (Å²) in [5.41, 5.74) is 3.16. The Morgan fingerprint density at radius 1 is 0.958 bits per heavy atom. The number of benzene rings is 1. The maximum atomic E-state index is 12.1. The molecule has 0 aliphatic heterocycles. The predicted octanol–water partition coefficient (Wildman–Crippen LogP) is -0.363. The molecule has 0 aliphatic carbocycles. The molecule has 1 rings (SSSR count). The summed E-state index contributed by atoms with van der Waals surface area (Å²) in [6.07, 6.45) is 0. The van der Waals surface area contributed by atoms with E-state index in [1.54, 1.807) is 0 Å². The number of carbonyl (C=O) groups excluding carboxylic acids is 2. The molecular formula is C14H16N2O7S. The Bertz CT molecular complexity index is 675. The molecule has 0 saturated heterocycles. The van der Waals surface area contributed by atoms with Gasteiger partial charge in [-0.2, -0.15) is 11.8 Å². The largest absolute Gasteiger partial charge is 0.478 e. The number of carbonyl (C=O) groups is 4. The summed E-state index contributed by atoms with van der Waals surface area (Å²) in [6.45, 7) is 0.204. The summed E-state index contributed by atoms with van der Waals surface area (Å²) in [7, 11) is 0. The standard InChI is InChI=1S/C14H16N2O7S/c15-11(18)7-5-8(12(19)16-1-3-24-4-2-17)10(14(22)23)6-9(7)13(20)21/h5-6,17H,1-4H2,(H2,15,18)(H,16,19)(H,20,21)(H,22,23). The molecule has 9 nitrogen and oxygen atoms in total. The molecule has 0 aliphatic rings. The minimum atomic E-state index is -1.53. The number of nitrogens with two attached hydrogens (primary N) is 1. The predicted molar refractivity (Wildman–Crippen MR) is 85.6 cm³/mol. The average molecular weight is 356 g/mol. The molecule has 0 aromatic heterocycles. The van der Waals surface area contributed by atoms with E-state index in [1.165, 1.54) is 11.8 Å². The molecule has 6 N–H and O–H groups in total. The highest BCUT2D eigenvalue weighted by Crippen LogP contribution is 2.18. The maximum absolute atomic E-state index is 12.1. The summed E-state index contributed by atoms with van der Waals surface area (Å²) < 4.78 is 0. The van der Waals surface area contributed by atoms with Crippen molar-refractivity contribution in [1.82, 2.24) is 5.32 Å². The fourth-order valence-corrected chi connectivity index (χ4v) is 2.42. The van der Waals surface area contributed by atoms with Crippen LogP contribution in [0, 0.1) is 0 Å². The van der Waals surface area contributed by atoms with Crippen LogP contribution in [-0.4, -0.2) is 63.7 Å². The molecule has 1 aromatic carbocycles. The lowest BCUT2D eigenvalue weighted by Gasteiger charge is -2.11. The lowest BCUT2D eigenvalue weighted by atomic mass is 9.97. The van der Waals surface area contributed by atoms with E-state index in [0.717, 1.165) is 12.1 Å². The van der Waals surface area contributed by atoms with E-state index in [-0.39, 0.29) is 18.7 Å². The Morgan fingerprint density at radius 2 is 1.50 bits per heavy atom. The van der Waals surface area contributed by atoms with Crippen LogP contribution in [0.2, 0.25) is 0 Å². The molecule has 0 fully saturated rings. The van der Waals surface area contributed by atoms with Crippen molar-refractivity contribution in [2.75, 3.05) is 24.7 Å². The molecule has 2 amide bonds. The Kier molecular flexibility index (Phi) is 7.21. The zero-order valence-corrected chi connectivity index (χ0v) is 13.3. The molecule has 0 atom stereocenters. The van der Waals surface area contributed by atoms with Crippen LogP contribution in [0.3, 0.4) is 0 Å². The molecule has 24 heavy (non-hydrogen) atoms. The van der Waals surface area contributed by atoms with E-state index >= 15 is 0 Å². The SMILES string of the molecule is NC(=O)c1cc(C(=O)NCCSCCO)c(C(=O)O)cc1C(=O)O. The van der Waals surface area contributed by atoms with Crippen molar-refractivity contribution in [2.24, 2.45) is 5.73 Å². The lowest BCUT2D eigenvalue weighted by Crippen LogP contribution is -2.29. The van der Waals surface area contributed by atoms with Gasteiger partial charge in [-0.05, 0) is 12.1 Å². The molecular weight excluding hydrogens is 340 g/mol. The number of carboxylic acids is 2. The number of aromatic carboxylic acids is 2. The minimum Gasteiger partial charge on any atom is -0.478 e. The number of hydrogen-bond donors (Lipinski definition) is 5. The second-order valence-corrected chi connectivity index (χ2v) is 5.73. The van der Waals surface area contributed by atoms with Crippen LogP contribution < -0.4 is 11.1 Å². The molecule has 130 valence electrons. The third-order valence-electron chi connectivity index (χ3n) is 2.90. The topological polar surface area (TPSA) is 167 Å². The van der Waals surface area contributed by atoms with E-state index < -0.39 is 40.4 Å². The fourth-order valence-electron chi connectivity index (χ4n) is 1.84. The number of aliphatic hydroxyl groups is 1. The molecule has 0 unspecified atom stereocenters. The first kappa shape index (κ1) is 19.5. The van der Waals surface area contributed by atoms with Crippen LogP contribution in [0.25, 0.3) is 0 Å². The second kappa shape index (κ2) is 8.89. The number of nitrogens with one attached hydrogen (secondary N) is 1. The number of primary amides is 1. The van der Waals surface area contributed by atoms with Gasteiger partial charge in [0, 0.05) is 18.1 Å². The Morgan fingerprint density at radius 3 is 2.00 bits per heavy atom. The van der Waals surface area contributed by atoms with Crippen molar-refractivity contribution in [1.29, 1.82) is 0 Å². The summed E-state index contributed by atoms with van der Waals surface area (Å²) >= 11 is 1.38. The van der Waals surface area contributed by atoms with Gasteiger partial charge in [0.25, 0.3) is 5.91 Å². The zero-order valence-electron chi connectivity index (χ0n) is 12.4. The van der Waals surface area contributed by atoms with Gasteiger partial charge in [-0.1, -0.05) is 0 Å². The normalized spacial score (nSPS) is 10.2. The Hall–Kier alpha value is -2.59. The maximum Gasteiger partial charge on any atom is 0.336 e. The molecule has 0 heterocycles. The number of aliphatic hydroxyl groups excluding tert-OH is 1.